The van der Waals surface area contributed by atoms with Crippen molar-refractivity contribution in [2.24, 2.45) is 0 Å². The fourth-order valence-corrected chi connectivity index (χ4v) is 2.37. The molecule has 0 aliphatic heterocycles. The van der Waals surface area contributed by atoms with E-state index in [0.29, 0.717) is 11.3 Å². The molecule has 0 spiro atoms. The molecular weight excluding hydrogens is 328 g/mol. The number of hydrogen-bond donors (Lipinski definition) is 1. The number of benzene rings is 2. The fourth-order valence-electron chi connectivity index (χ4n) is 1.83. The number of ether oxygens (including phenoxy) is 1. The van der Waals surface area contributed by atoms with E-state index < -0.39 is 11.6 Å². The molecule has 2 aromatic carbocycles. The maximum Gasteiger partial charge on any atom is 0.134 e. The van der Waals surface area contributed by atoms with Crippen LogP contribution in [0.15, 0.2) is 40.9 Å². The number of nitrogens with one attached hydrogen (secondary N) is 1. The van der Waals surface area contributed by atoms with E-state index in [2.05, 4.69) is 21.2 Å². The van der Waals surface area contributed by atoms with Gasteiger partial charge in [0.15, 0.2) is 0 Å². The van der Waals surface area contributed by atoms with Gasteiger partial charge in [0.05, 0.1) is 4.47 Å². The highest BCUT2D eigenvalue weighted by Crippen LogP contribution is 2.27. The van der Waals surface area contributed by atoms with Crippen molar-refractivity contribution in [3.05, 3.63) is 63.6 Å². The lowest BCUT2D eigenvalue weighted by atomic mass is 10.2. The molecule has 5 heteroatoms. The Morgan fingerprint density at radius 2 is 1.75 bits per heavy atom. The smallest absolute Gasteiger partial charge is 0.134 e. The lowest BCUT2D eigenvalue weighted by Gasteiger charge is -2.10. The molecule has 0 aliphatic rings. The molecule has 0 fully saturated rings. The van der Waals surface area contributed by atoms with Gasteiger partial charge in [0.1, 0.15) is 24.0 Å². The number of halogens is 3. The molecule has 0 amide bonds. The average molecular weight is 342 g/mol. The minimum Gasteiger partial charge on any atom is -0.488 e. The SMILES string of the molecule is CNCc1ccc(OCc2cc(F)cc(F)c2)c(Br)c1. The zero-order valence-corrected chi connectivity index (χ0v) is 12.5. The van der Waals surface area contributed by atoms with E-state index in [4.69, 9.17) is 4.74 Å². The predicted octanol–water partition coefficient (Wildman–Crippen LogP) is 4.03. The van der Waals surface area contributed by atoms with Gasteiger partial charge in [-0.05, 0) is 58.4 Å². The minimum absolute atomic E-state index is 0.110. The van der Waals surface area contributed by atoms with Crippen LogP contribution in [0.5, 0.6) is 5.75 Å². The topological polar surface area (TPSA) is 21.3 Å². The Hall–Kier alpha value is -1.46. The van der Waals surface area contributed by atoms with Crippen LogP contribution in [0, 0.1) is 11.6 Å². The molecule has 106 valence electrons. The summed E-state index contributed by atoms with van der Waals surface area (Å²) in [6.07, 6.45) is 0. The Kier molecular flexibility index (Phi) is 5.09. The van der Waals surface area contributed by atoms with Crippen molar-refractivity contribution in [3.63, 3.8) is 0 Å². The van der Waals surface area contributed by atoms with E-state index in [1.165, 1.54) is 12.1 Å². The second-order valence-corrected chi connectivity index (χ2v) is 5.22. The van der Waals surface area contributed by atoms with Crippen molar-refractivity contribution in [1.82, 2.24) is 5.32 Å². The molecule has 0 aliphatic carbocycles. The lowest BCUT2D eigenvalue weighted by molar-refractivity contribution is 0.302. The van der Waals surface area contributed by atoms with E-state index in [-0.39, 0.29) is 6.61 Å². The van der Waals surface area contributed by atoms with Gasteiger partial charge in [-0.3, -0.25) is 0 Å². The molecule has 0 saturated carbocycles. The molecule has 0 heterocycles. The molecule has 2 aromatic rings. The van der Waals surface area contributed by atoms with E-state index >= 15 is 0 Å². The highest BCUT2D eigenvalue weighted by molar-refractivity contribution is 9.10. The third kappa shape index (κ3) is 4.02. The average Bonchev–Trinajstić information content (AvgIpc) is 2.37. The van der Waals surface area contributed by atoms with E-state index in [1.54, 1.807) is 0 Å². The van der Waals surface area contributed by atoms with E-state index in [0.717, 1.165) is 22.6 Å². The Balaban J connectivity index is 2.06. The van der Waals surface area contributed by atoms with Crippen molar-refractivity contribution >= 4 is 15.9 Å². The summed E-state index contributed by atoms with van der Waals surface area (Å²) in [5, 5.41) is 3.06. The van der Waals surface area contributed by atoms with Gasteiger partial charge < -0.3 is 10.1 Å². The van der Waals surface area contributed by atoms with Crippen molar-refractivity contribution in [3.8, 4) is 5.75 Å². The third-order valence-corrected chi connectivity index (χ3v) is 3.31. The summed E-state index contributed by atoms with van der Waals surface area (Å²) < 4.78 is 32.5. The van der Waals surface area contributed by atoms with Crippen LogP contribution in [0.4, 0.5) is 8.78 Å². The van der Waals surface area contributed by atoms with Crippen LogP contribution in [0.3, 0.4) is 0 Å². The maximum absolute atomic E-state index is 13.1. The van der Waals surface area contributed by atoms with Crippen LogP contribution in [-0.2, 0) is 13.2 Å². The van der Waals surface area contributed by atoms with Gasteiger partial charge in [-0.2, -0.15) is 0 Å². The molecule has 0 bridgehead atoms. The molecule has 2 nitrogen and oxygen atoms in total. The molecule has 0 radical (unpaired) electrons. The Morgan fingerprint density at radius 3 is 2.35 bits per heavy atom. The van der Waals surface area contributed by atoms with Gasteiger partial charge in [0, 0.05) is 12.6 Å². The quantitative estimate of drug-likeness (QED) is 0.886. The first kappa shape index (κ1) is 14.9. The van der Waals surface area contributed by atoms with Crippen LogP contribution in [0.1, 0.15) is 11.1 Å². The first-order valence-corrected chi connectivity index (χ1v) is 6.88. The van der Waals surface area contributed by atoms with Crippen molar-refractivity contribution in [2.45, 2.75) is 13.2 Å². The highest BCUT2D eigenvalue weighted by Gasteiger charge is 2.05. The van der Waals surface area contributed by atoms with Crippen molar-refractivity contribution < 1.29 is 13.5 Å². The maximum atomic E-state index is 13.1. The first-order chi connectivity index (χ1) is 9.58. The summed E-state index contributed by atoms with van der Waals surface area (Å²) in [6.45, 7) is 0.868. The van der Waals surface area contributed by atoms with Crippen molar-refractivity contribution in [2.75, 3.05) is 7.05 Å². The van der Waals surface area contributed by atoms with Gasteiger partial charge >= 0.3 is 0 Å². The second-order valence-electron chi connectivity index (χ2n) is 4.36. The molecule has 0 unspecified atom stereocenters. The molecule has 1 N–H and O–H groups in total. The highest BCUT2D eigenvalue weighted by atomic mass is 79.9. The normalized spacial score (nSPS) is 10.6. The molecule has 0 aromatic heterocycles. The number of hydrogen-bond acceptors (Lipinski definition) is 2. The molecule has 20 heavy (non-hydrogen) atoms. The molecule has 0 saturated heterocycles. The van der Waals surface area contributed by atoms with E-state index in [9.17, 15) is 8.78 Å². The van der Waals surface area contributed by atoms with Gasteiger partial charge in [-0.1, -0.05) is 6.07 Å². The summed E-state index contributed by atoms with van der Waals surface area (Å²) in [5.74, 6) is -0.575. The Labute approximate surface area is 124 Å². The Bertz CT molecular complexity index is 584. The monoisotopic (exact) mass is 341 g/mol. The van der Waals surface area contributed by atoms with Gasteiger partial charge in [-0.25, -0.2) is 8.78 Å². The molecule has 2 rings (SSSR count). The second kappa shape index (κ2) is 6.81. The first-order valence-electron chi connectivity index (χ1n) is 6.09. The fraction of sp³-hybridized carbons (Fsp3) is 0.200. The van der Waals surface area contributed by atoms with Gasteiger partial charge in [0.2, 0.25) is 0 Å². The van der Waals surface area contributed by atoms with Crippen LogP contribution >= 0.6 is 15.9 Å². The molecular formula is C15H14BrF2NO. The van der Waals surface area contributed by atoms with Crippen LogP contribution in [0.25, 0.3) is 0 Å². The molecule has 0 atom stereocenters. The van der Waals surface area contributed by atoms with Crippen LogP contribution in [-0.4, -0.2) is 7.05 Å². The predicted molar refractivity (Wildman–Crippen MR) is 77.6 cm³/mol. The van der Waals surface area contributed by atoms with Gasteiger partial charge in [-0.15, -0.1) is 0 Å². The Morgan fingerprint density at radius 1 is 1.05 bits per heavy atom. The number of rotatable bonds is 5. The van der Waals surface area contributed by atoms with Crippen LogP contribution < -0.4 is 10.1 Å². The summed E-state index contributed by atoms with van der Waals surface area (Å²) in [5.41, 5.74) is 1.57. The standard InChI is InChI=1S/C15H14BrF2NO/c1-19-8-10-2-3-15(14(16)6-10)20-9-11-4-12(17)7-13(18)5-11/h2-7,19H,8-9H2,1H3. The van der Waals surface area contributed by atoms with Crippen LogP contribution in [0.2, 0.25) is 0 Å². The van der Waals surface area contributed by atoms with Crippen molar-refractivity contribution in [1.29, 1.82) is 0 Å². The summed E-state index contributed by atoms with van der Waals surface area (Å²) in [4.78, 5) is 0. The largest absolute Gasteiger partial charge is 0.488 e. The zero-order valence-electron chi connectivity index (χ0n) is 10.9. The minimum atomic E-state index is -0.605. The lowest BCUT2D eigenvalue weighted by Crippen LogP contribution is -2.05. The summed E-state index contributed by atoms with van der Waals surface area (Å²) in [7, 11) is 1.87. The van der Waals surface area contributed by atoms with E-state index in [1.807, 2.05) is 25.2 Å². The summed E-state index contributed by atoms with van der Waals surface area (Å²) >= 11 is 3.42. The zero-order chi connectivity index (χ0) is 14.5. The summed E-state index contributed by atoms with van der Waals surface area (Å²) in [6, 6.07) is 9.05. The third-order valence-electron chi connectivity index (χ3n) is 2.69. The van der Waals surface area contributed by atoms with Gasteiger partial charge in [0.25, 0.3) is 0 Å².